The van der Waals surface area contributed by atoms with Gasteiger partial charge in [-0.3, -0.25) is 0 Å². The van der Waals surface area contributed by atoms with Crippen molar-refractivity contribution in [1.29, 1.82) is 0 Å². The molecule has 0 amide bonds. The quantitative estimate of drug-likeness (QED) is 0.164. The van der Waals surface area contributed by atoms with Gasteiger partial charge in [0.05, 0.1) is 19.8 Å². The SMILES string of the molecule is CCC(C)SCCCOc1nc(OCCCSC(C)CC)nc(OCCCSC(C)CC)n1. The predicted molar refractivity (Wildman–Crippen MR) is 147 cm³/mol. The summed E-state index contributed by atoms with van der Waals surface area (Å²) in [6.45, 7) is 15.1. The van der Waals surface area contributed by atoms with Crippen LogP contribution >= 0.6 is 35.3 Å². The molecule has 192 valence electrons. The second kappa shape index (κ2) is 19.7. The van der Waals surface area contributed by atoms with E-state index in [9.17, 15) is 0 Å². The van der Waals surface area contributed by atoms with Gasteiger partial charge in [-0.15, -0.1) is 15.0 Å². The summed E-state index contributed by atoms with van der Waals surface area (Å²) in [7, 11) is 0. The molecule has 0 bridgehead atoms. The van der Waals surface area contributed by atoms with Gasteiger partial charge in [0.15, 0.2) is 0 Å². The summed E-state index contributed by atoms with van der Waals surface area (Å²) < 4.78 is 17.4. The highest BCUT2D eigenvalue weighted by atomic mass is 32.2. The minimum absolute atomic E-state index is 0.284. The first-order valence-corrected chi connectivity index (χ1v) is 15.6. The smallest absolute Gasteiger partial charge is 0.325 e. The van der Waals surface area contributed by atoms with Crippen LogP contribution in [0, 0.1) is 0 Å². The molecule has 0 saturated carbocycles. The van der Waals surface area contributed by atoms with Crippen LogP contribution in [0.2, 0.25) is 0 Å². The average Bonchev–Trinajstić information content (AvgIpc) is 2.82. The number of aromatic nitrogens is 3. The summed E-state index contributed by atoms with van der Waals surface area (Å²) >= 11 is 5.91. The Labute approximate surface area is 214 Å². The first-order chi connectivity index (χ1) is 16.0. The molecule has 1 aromatic heterocycles. The van der Waals surface area contributed by atoms with Crippen LogP contribution in [0.3, 0.4) is 0 Å². The Morgan fingerprint density at radius 1 is 0.545 bits per heavy atom. The number of rotatable bonds is 21. The van der Waals surface area contributed by atoms with Crippen molar-refractivity contribution in [3.05, 3.63) is 0 Å². The van der Waals surface area contributed by atoms with Gasteiger partial charge in [-0.2, -0.15) is 35.3 Å². The fraction of sp³-hybridized carbons (Fsp3) is 0.875. The standard InChI is InChI=1S/C24H45N3O3S3/c1-7-19(4)31-16-10-13-28-22-25-23(29-14-11-17-32-20(5)8-2)27-24(26-22)30-15-12-18-33-21(6)9-3/h19-21H,7-18H2,1-6H3. The van der Waals surface area contributed by atoms with Gasteiger partial charge in [0.2, 0.25) is 0 Å². The highest BCUT2D eigenvalue weighted by molar-refractivity contribution is 8.00. The molecule has 0 aliphatic rings. The number of nitrogens with zero attached hydrogens (tertiary/aromatic N) is 3. The van der Waals surface area contributed by atoms with Crippen molar-refractivity contribution in [1.82, 2.24) is 15.0 Å². The Hall–Kier alpha value is -0.540. The van der Waals surface area contributed by atoms with Crippen LogP contribution in [0.1, 0.15) is 80.1 Å². The molecule has 0 aliphatic heterocycles. The second-order valence-corrected chi connectivity index (χ2v) is 12.7. The Morgan fingerprint density at radius 3 is 1.06 bits per heavy atom. The number of hydrogen-bond donors (Lipinski definition) is 0. The van der Waals surface area contributed by atoms with Gasteiger partial charge in [0, 0.05) is 15.7 Å². The largest absolute Gasteiger partial charge is 0.463 e. The number of thioether (sulfide) groups is 3. The molecule has 9 heteroatoms. The molecule has 0 saturated heterocycles. The third kappa shape index (κ3) is 15.9. The summed E-state index contributed by atoms with van der Waals surface area (Å²) in [4.78, 5) is 13.0. The number of hydrogen-bond acceptors (Lipinski definition) is 9. The maximum absolute atomic E-state index is 5.81. The van der Waals surface area contributed by atoms with Gasteiger partial charge >= 0.3 is 18.0 Å². The molecular formula is C24H45N3O3S3. The molecule has 0 aromatic carbocycles. The van der Waals surface area contributed by atoms with Crippen LogP contribution in [0.25, 0.3) is 0 Å². The molecule has 0 N–H and O–H groups in total. The Kier molecular flexibility index (Phi) is 18.2. The van der Waals surface area contributed by atoms with E-state index in [0.717, 1.165) is 36.5 Å². The van der Waals surface area contributed by atoms with E-state index in [1.165, 1.54) is 19.3 Å². The summed E-state index contributed by atoms with van der Waals surface area (Å²) in [5, 5.41) is 2.04. The van der Waals surface area contributed by atoms with E-state index >= 15 is 0 Å². The molecular weight excluding hydrogens is 474 g/mol. The fourth-order valence-corrected chi connectivity index (χ4v) is 5.16. The lowest BCUT2D eigenvalue weighted by Gasteiger charge is -2.11. The zero-order chi connectivity index (χ0) is 24.3. The lowest BCUT2D eigenvalue weighted by Crippen LogP contribution is -2.10. The maximum atomic E-state index is 5.81. The summed E-state index contributed by atoms with van der Waals surface area (Å²) in [6, 6.07) is 0.851. The van der Waals surface area contributed by atoms with Crippen molar-refractivity contribution in [3.8, 4) is 18.0 Å². The minimum atomic E-state index is 0.284. The van der Waals surface area contributed by atoms with E-state index in [1.54, 1.807) is 0 Å². The first kappa shape index (κ1) is 30.5. The summed E-state index contributed by atoms with van der Waals surface area (Å²) in [5.74, 6) is 3.19. The maximum Gasteiger partial charge on any atom is 0.325 e. The molecule has 33 heavy (non-hydrogen) atoms. The molecule has 1 heterocycles. The summed E-state index contributed by atoms with van der Waals surface area (Å²) in [6.07, 6.45) is 6.41. The van der Waals surface area contributed by atoms with Crippen molar-refractivity contribution >= 4 is 35.3 Å². The van der Waals surface area contributed by atoms with Crippen LogP contribution in [0.4, 0.5) is 0 Å². The van der Waals surface area contributed by atoms with Crippen LogP contribution in [0.5, 0.6) is 18.0 Å². The van der Waals surface area contributed by atoms with Gasteiger partial charge in [0.1, 0.15) is 0 Å². The monoisotopic (exact) mass is 519 g/mol. The third-order valence-electron chi connectivity index (χ3n) is 5.07. The lowest BCUT2D eigenvalue weighted by atomic mass is 10.4. The Bertz CT molecular complexity index is 520. The van der Waals surface area contributed by atoms with E-state index in [1.807, 2.05) is 35.3 Å². The molecule has 1 aromatic rings. The van der Waals surface area contributed by atoms with E-state index < -0.39 is 0 Å². The molecule has 3 unspecified atom stereocenters. The van der Waals surface area contributed by atoms with Crippen LogP contribution in [0.15, 0.2) is 0 Å². The van der Waals surface area contributed by atoms with Gasteiger partial charge in [-0.25, -0.2) is 0 Å². The Balaban J connectivity index is 2.53. The highest BCUT2D eigenvalue weighted by Gasteiger charge is 2.11. The van der Waals surface area contributed by atoms with Crippen molar-refractivity contribution in [2.24, 2.45) is 0 Å². The fourth-order valence-electron chi connectivity index (χ4n) is 2.39. The average molecular weight is 520 g/mol. The van der Waals surface area contributed by atoms with E-state index in [4.69, 9.17) is 14.2 Å². The summed E-state index contributed by atoms with van der Waals surface area (Å²) in [5.41, 5.74) is 0. The molecule has 0 aliphatic carbocycles. The predicted octanol–water partition coefficient (Wildman–Crippen LogP) is 6.77. The van der Waals surface area contributed by atoms with Crippen LogP contribution < -0.4 is 14.2 Å². The van der Waals surface area contributed by atoms with Gasteiger partial charge in [-0.1, -0.05) is 41.5 Å². The lowest BCUT2D eigenvalue weighted by molar-refractivity contribution is 0.236. The minimum Gasteiger partial charge on any atom is -0.463 e. The molecule has 3 atom stereocenters. The van der Waals surface area contributed by atoms with Gasteiger partial charge in [0.25, 0.3) is 0 Å². The molecule has 0 spiro atoms. The molecule has 0 fully saturated rings. The zero-order valence-electron chi connectivity index (χ0n) is 21.5. The van der Waals surface area contributed by atoms with Crippen molar-refractivity contribution < 1.29 is 14.2 Å². The van der Waals surface area contributed by atoms with E-state index in [-0.39, 0.29) is 18.0 Å². The van der Waals surface area contributed by atoms with Gasteiger partial charge in [-0.05, 0) is 55.8 Å². The van der Waals surface area contributed by atoms with Gasteiger partial charge < -0.3 is 14.2 Å². The van der Waals surface area contributed by atoms with E-state index in [0.29, 0.717) is 35.6 Å². The molecule has 6 nitrogen and oxygen atoms in total. The zero-order valence-corrected chi connectivity index (χ0v) is 24.0. The number of ether oxygens (including phenoxy) is 3. The normalized spacial score (nSPS) is 14.0. The van der Waals surface area contributed by atoms with E-state index in [2.05, 4.69) is 56.5 Å². The van der Waals surface area contributed by atoms with Crippen LogP contribution in [-0.4, -0.2) is 67.8 Å². The first-order valence-electron chi connectivity index (χ1n) is 12.5. The van der Waals surface area contributed by atoms with Crippen molar-refractivity contribution in [2.75, 3.05) is 37.1 Å². The molecule has 1 rings (SSSR count). The third-order valence-corrected chi connectivity index (χ3v) is 9.35. The Morgan fingerprint density at radius 2 is 0.818 bits per heavy atom. The van der Waals surface area contributed by atoms with Crippen molar-refractivity contribution in [3.63, 3.8) is 0 Å². The highest BCUT2D eigenvalue weighted by Crippen LogP contribution is 2.19. The molecule has 0 radical (unpaired) electrons. The second-order valence-electron chi connectivity index (χ2n) is 8.06. The topological polar surface area (TPSA) is 66.4 Å². The van der Waals surface area contributed by atoms with Crippen molar-refractivity contribution in [2.45, 2.75) is 95.8 Å². The van der Waals surface area contributed by atoms with Crippen LogP contribution in [-0.2, 0) is 0 Å².